The summed E-state index contributed by atoms with van der Waals surface area (Å²) in [6, 6.07) is 7.78. The van der Waals surface area contributed by atoms with Crippen LogP contribution < -0.4 is 5.32 Å². The minimum absolute atomic E-state index is 0.230. The molecule has 0 saturated carbocycles. The number of benzene rings is 1. The van der Waals surface area contributed by atoms with E-state index < -0.39 is 0 Å². The van der Waals surface area contributed by atoms with Gasteiger partial charge in [0.1, 0.15) is 0 Å². The van der Waals surface area contributed by atoms with Crippen molar-refractivity contribution < 1.29 is 9.59 Å². The fraction of sp³-hybridized carbons (Fsp3) is 0.154. The van der Waals surface area contributed by atoms with Gasteiger partial charge in [0.05, 0.1) is 4.91 Å². The van der Waals surface area contributed by atoms with Crippen molar-refractivity contribution in [3.8, 4) is 0 Å². The number of nitrogens with one attached hydrogen (secondary N) is 1. The molecular weight excluding hydrogens is 248 g/mol. The van der Waals surface area contributed by atoms with E-state index in [1.807, 2.05) is 31.2 Å². The highest BCUT2D eigenvalue weighted by atomic mass is 32.2. The van der Waals surface area contributed by atoms with Gasteiger partial charge < -0.3 is 5.32 Å². The van der Waals surface area contributed by atoms with E-state index >= 15 is 0 Å². The summed E-state index contributed by atoms with van der Waals surface area (Å²) >= 11 is 1.18. The van der Waals surface area contributed by atoms with Crippen molar-refractivity contribution in [3.63, 3.8) is 0 Å². The molecule has 0 radical (unpaired) electrons. The lowest BCUT2D eigenvalue weighted by Crippen LogP contribution is -2.23. The Morgan fingerprint density at radius 3 is 2.78 bits per heavy atom. The van der Waals surface area contributed by atoms with Crippen LogP contribution in [0.3, 0.4) is 0 Å². The van der Waals surface area contributed by atoms with Crippen LogP contribution in [0, 0.1) is 6.92 Å². The number of hydrogen-bond acceptors (Lipinski definition) is 3. The largest absolute Gasteiger partial charge is 0.305 e. The Kier molecular flexibility index (Phi) is 3.62. The Morgan fingerprint density at radius 1 is 1.39 bits per heavy atom. The molecule has 18 heavy (non-hydrogen) atoms. The van der Waals surface area contributed by atoms with Gasteiger partial charge in [0.2, 0.25) is 5.91 Å². The van der Waals surface area contributed by atoms with Gasteiger partial charge in [-0.25, -0.2) is 0 Å². The maximum absolute atomic E-state index is 11.7. The SMILES string of the molecule is CC(=O)NC1=NC(=O)/C(=C\c2ccccc2C)S1. The van der Waals surface area contributed by atoms with Crippen LogP contribution in [-0.4, -0.2) is 17.0 Å². The molecule has 2 amide bonds. The molecule has 1 N–H and O–H groups in total. The van der Waals surface area contributed by atoms with Crippen molar-refractivity contribution in [2.24, 2.45) is 4.99 Å². The first kappa shape index (κ1) is 12.6. The second kappa shape index (κ2) is 5.18. The number of nitrogens with zero attached hydrogens (tertiary/aromatic N) is 1. The third-order valence-corrected chi connectivity index (χ3v) is 3.28. The van der Waals surface area contributed by atoms with E-state index in [1.165, 1.54) is 18.7 Å². The second-order valence-corrected chi connectivity index (χ2v) is 4.90. The molecule has 0 spiro atoms. The zero-order valence-electron chi connectivity index (χ0n) is 10.1. The van der Waals surface area contributed by atoms with Gasteiger partial charge >= 0.3 is 0 Å². The maximum atomic E-state index is 11.7. The highest BCUT2D eigenvalue weighted by Gasteiger charge is 2.22. The van der Waals surface area contributed by atoms with E-state index in [0.717, 1.165) is 11.1 Å². The molecule has 0 bridgehead atoms. The fourth-order valence-electron chi connectivity index (χ4n) is 1.50. The Morgan fingerprint density at radius 2 is 2.11 bits per heavy atom. The van der Waals surface area contributed by atoms with Crippen LogP contribution in [-0.2, 0) is 9.59 Å². The number of hydrogen-bond donors (Lipinski definition) is 1. The van der Waals surface area contributed by atoms with Gasteiger partial charge in [-0.1, -0.05) is 24.3 Å². The summed E-state index contributed by atoms with van der Waals surface area (Å²) in [7, 11) is 0. The van der Waals surface area contributed by atoms with E-state index in [-0.39, 0.29) is 11.8 Å². The van der Waals surface area contributed by atoms with Crippen LogP contribution in [0.1, 0.15) is 18.1 Å². The zero-order chi connectivity index (χ0) is 13.1. The summed E-state index contributed by atoms with van der Waals surface area (Å²) in [4.78, 5) is 26.8. The monoisotopic (exact) mass is 260 g/mol. The minimum Gasteiger partial charge on any atom is -0.305 e. The summed E-state index contributed by atoms with van der Waals surface area (Å²) < 4.78 is 0. The summed E-state index contributed by atoms with van der Waals surface area (Å²) in [6.45, 7) is 3.36. The molecule has 1 aromatic rings. The topological polar surface area (TPSA) is 58.5 Å². The summed E-state index contributed by atoms with van der Waals surface area (Å²) in [5, 5.41) is 2.86. The van der Waals surface area contributed by atoms with Crippen molar-refractivity contribution in [2.75, 3.05) is 0 Å². The molecule has 1 aromatic carbocycles. The first-order chi connectivity index (χ1) is 8.56. The number of thioether (sulfide) groups is 1. The molecule has 2 rings (SSSR count). The molecular formula is C13H12N2O2S. The Balaban J connectivity index is 2.20. The third kappa shape index (κ3) is 2.87. The molecule has 0 fully saturated rings. The standard InChI is InChI=1S/C13H12N2O2S/c1-8-5-3-4-6-10(8)7-11-12(17)15-13(18-11)14-9(2)16/h3-7H,1-2H3,(H,14,15,16,17)/b11-7+. The van der Waals surface area contributed by atoms with Gasteiger partial charge in [-0.05, 0) is 35.9 Å². The molecule has 92 valence electrons. The number of aliphatic imine (C=N–C) groups is 1. The Bertz CT molecular complexity index is 576. The molecule has 0 unspecified atom stereocenters. The van der Waals surface area contributed by atoms with E-state index in [4.69, 9.17) is 0 Å². The Labute approximate surface area is 109 Å². The third-order valence-electron chi connectivity index (χ3n) is 2.38. The van der Waals surface area contributed by atoms with Gasteiger partial charge in [0.15, 0.2) is 5.17 Å². The average Bonchev–Trinajstić information content (AvgIpc) is 2.61. The minimum atomic E-state index is -0.313. The summed E-state index contributed by atoms with van der Waals surface area (Å²) in [5.41, 5.74) is 2.07. The van der Waals surface area contributed by atoms with Crippen LogP contribution >= 0.6 is 11.8 Å². The first-order valence-electron chi connectivity index (χ1n) is 5.42. The number of carbonyl (C=O) groups excluding carboxylic acids is 2. The summed E-state index contributed by atoms with van der Waals surface area (Å²) in [5.74, 6) is -0.543. The van der Waals surface area contributed by atoms with Crippen LogP contribution in [0.5, 0.6) is 0 Å². The van der Waals surface area contributed by atoms with Gasteiger partial charge in [0.25, 0.3) is 5.91 Å². The van der Waals surface area contributed by atoms with Gasteiger partial charge in [0, 0.05) is 6.92 Å². The molecule has 0 aliphatic carbocycles. The van der Waals surface area contributed by atoms with Crippen molar-refractivity contribution in [1.29, 1.82) is 0 Å². The van der Waals surface area contributed by atoms with Crippen LogP contribution in [0.25, 0.3) is 6.08 Å². The Hall–Kier alpha value is -1.88. The summed E-state index contributed by atoms with van der Waals surface area (Å²) in [6.07, 6.45) is 1.79. The van der Waals surface area contributed by atoms with Gasteiger partial charge in [-0.2, -0.15) is 4.99 Å². The predicted molar refractivity (Wildman–Crippen MR) is 73.0 cm³/mol. The zero-order valence-corrected chi connectivity index (χ0v) is 10.9. The van der Waals surface area contributed by atoms with Crippen LogP contribution in [0.15, 0.2) is 34.2 Å². The lowest BCUT2D eigenvalue weighted by Gasteiger charge is -2.00. The molecule has 4 nitrogen and oxygen atoms in total. The number of aryl methyl sites for hydroxylation is 1. The smallest absolute Gasteiger partial charge is 0.286 e. The number of amidine groups is 1. The van der Waals surface area contributed by atoms with Crippen LogP contribution in [0.4, 0.5) is 0 Å². The lowest BCUT2D eigenvalue weighted by molar-refractivity contribution is -0.117. The van der Waals surface area contributed by atoms with Crippen LogP contribution in [0.2, 0.25) is 0 Å². The quantitative estimate of drug-likeness (QED) is 0.787. The number of rotatable bonds is 1. The highest BCUT2D eigenvalue weighted by molar-refractivity contribution is 8.18. The average molecular weight is 260 g/mol. The molecule has 0 atom stereocenters. The predicted octanol–water partition coefficient (Wildman–Crippen LogP) is 2.10. The lowest BCUT2D eigenvalue weighted by atomic mass is 10.1. The van der Waals surface area contributed by atoms with E-state index in [0.29, 0.717) is 10.1 Å². The van der Waals surface area contributed by atoms with Crippen molar-refractivity contribution in [2.45, 2.75) is 13.8 Å². The maximum Gasteiger partial charge on any atom is 0.286 e. The molecule has 1 aliphatic heterocycles. The number of amides is 2. The van der Waals surface area contributed by atoms with E-state index in [9.17, 15) is 9.59 Å². The highest BCUT2D eigenvalue weighted by Crippen LogP contribution is 2.28. The number of carbonyl (C=O) groups is 2. The van der Waals surface area contributed by atoms with E-state index in [2.05, 4.69) is 10.3 Å². The van der Waals surface area contributed by atoms with Crippen molar-refractivity contribution in [1.82, 2.24) is 5.32 Å². The molecule has 1 heterocycles. The normalized spacial score (nSPS) is 16.9. The van der Waals surface area contributed by atoms with E-state index in [1.54, 1.807) is 6.08 Å². The molecule has 0 aromatic heterocycles. The molecule has 5 heteroatoms. The van der Waals surface area contributed by atoms with Gasteiger partial charge in [-0.15, -0.1) is 0 Å². The van der Waals surface area contributed by atoms with Gasteiger partial charge in [-0.3, -0.25) is 9.59 Å². The first-order valence-corrected chi connectivity index (χ1v) is 6.23. The molecule has 0 saturated heterocycles. The second-order valence-electron chi connectivity index (χ2n) is 3.87. The van der Waals surface area contributed by atoms with Crippen molar-refractivity contribution in [3.05, 3.63) is 40.3 Å². The molecule has 1 aliphatic rings. The van der Waals surface area contributed by atoms with Crippen molar-refractivity contribution >= 4 is 34.8 Å². The fourth-order valence-corrected chi connectivity index (χ4v) is 2.35.